The van der Waals surface area contributed by atoms with Crippen molar-refractivity contribution in [1.29, 1.82) is 0 Å². The largest absolute Gasteiger partial charge is 0.497 e. The Morgan fingerprint density at radius 2 is 1.87 bits per heavy atom. The topological polar surface area (TPSA) is 84.9 Å². The van der Waals surface area contributed by atoms with Gasteiger partial charge in [-0.05, 0) is 53.7 Å². The maximum atomic E-state index is 13.0. The van der Waals surface area contributed by atoms with Crippen LogP contribution in [-0.4, -0.2) is 49.3 Å². The van der Waals surface area contributed by atoms with Crippen LogP contribution in [0.25, 0.3) is 6.08 Å². The quantitative estimate of drug-likeness (QED) is 0.630. The predicted octanol–water partition coefficient (Wildman–Crippen LogP) is 3.24. The van der Waals surface area contributed by atoms with Gasteiger partial charge < -0.3 is 14.8 Å². The van der Waals surface area contributed by atoms with Gasteiger partial charge in [-0.15, -0.1) is 0 Å². The van der Waals surface area contributed by atoms with Gasteiger partial charge in [0.1, 0.15) is 17.3 Å². The molecule has 9 heteroatoms. The maximum Gasteiger partial charge on any atom is 0.293 e. The van der Waals surface area contributed by atoms with Crippen LogP contribution in [-0.2, 0) is 16.0 Å². The fraction of sp³-hybridized carbons (Fsp3) is 0.227. The maximum absolute atomic E-state index is 13.0. The number of carbonyl (C=O) groups is 3. The Kier molecular flexibility index (Phi) is 7.30. The van der Waals surface area contributed by atoms with Crippen LogP contribution in [0.1, 0.15) is 11.1 Å². The van der Waals surface area contributed by atoms with E-state index in [1.54, 1.807) is 18.2 Å². The number of carbonyl (C=O) groups excluding carboxylic acids is 3. The van der Waals surface area contributed by atoms with Crippen molar-refractivity contribution >= 4 is 34.9 Å². The van der Waals surface area contributed by atoms with E-state index in [4.69, 9.17) is 9.47 Å². The second-order valence-corrected chi connectivity index (χ2v) is 7.58. The summed E-state index contributed by atoms with van der Waals surface area (Å²) < 4.78 is 23.5. The highest BCUT2D eigenvalue weighted by Gasteiger charge is 2.34. The van der Waals surface area contributed by atoms with Crippen LogP contribution in [0.15, 0.2) is 47.4 Å². The summed E-state index contributed by atoms with van der Waals surface area (Å²) >= 11 is 0.813. The van der Waals surface area contributed by atoms with Gasteiger partial charge in [0, 0.05) is 18.7 Å². The third-order valence-corrected chi connectivity index (χ3v) is 5.44. The van der Waals surface area contributed by atoms with E-state index in [9.17, 15) is 18.8 Å². The minimum absolute atomic E-state index is 0.0480. The number of imide groups is 1. The number of amides is 3. The Bertz CT molecular complexity index is 1020. The fourth-order valence-electron chi connectivity index (χ4n) is 2.97. The molecule has 0 aromatic heterocycles. The van der Waals surface area contributed by atoms with Crippen LogP contribution < -0.4 is 14.8 Å². The minimum Gasteiger partial charge on any atom is -0.497 e. The normalized spacial score (nSPS) is 14.8. The molecule has 2 aromatic rings. The zero-order valence-corrected chi connectivity index (χ0v) is 17.8. The Morgan fingerprint density at radius 1 is 1.13 bits per heavy atom. The summed E-state index contributed by atoms with van der Waals surface area (Å²) in [4.78, 5) is 38.3. The molecule has 1 heterocycles. The highest BCUT2D eigenvalue weighted by atomic mass is 32.2. The van der Waals surface area contributed by atoms with Crippen LogP contribution in [0.3, 0.4) is 0 Å². The van der Waals surface area contributed by atoms with Gasteiger partial charge in [-0.2, -0.15) is 0 Å². The highest BCUT2D eigenvalue weighted by molar-refractivity contribution is 8.18. The summed E-state index contributed by atoms with van der Waals surface area (Å²) in [6.45, 7) is 0.166. The van der Waals surface area contributed by atoms with Gasteiger partial charge in [0.05, 0.1) is 25.5 Å². The van der Waals surface area contributed by atoms with E-state index < -0.39 is 11.1 Å². The standard InChI is InChI=1S/C22H21FN2O5S/c1-29-17-7-8-18(30-2)15(12-17)13-20(26)24-9-10-25-21(27)19(31-22(25)28)11-14-3-5-16(23)6-4-14/h3-8,11-12H,9-10,13H2,1-2H3,(H,24,26)/b19-11+. The zero-order valence-electron chi connectivity index (χ0n) is 17.0. The summed E-state index contributed by atoms with van der Waals surface area (Å²) in [6, 6.07) is 10.8. The second kappa shape index (κ2) is 10.1. The third kappa shape index (κ3) is 5.64. The molecule has 3 amide bonds. The minimum atomic E-state index is -0.442. The molecule has 1 saturated heterocycles. The van der Waals surface area contributed by atoms with Crippen LogP contribution in [0.2, 0.25) is 0 Å². The van der Waals surface area contributed by atoms with E-state index in [1.807, 2.05) is 0 Å². The van der Waals surface area contributed by atoms with Crippen molar-refractivity contribution in [3.63, 3.8) is 0 Å². The molecule has 2 aromatic carbocycles. The molecule has 0 saturated carbocycles. The lowest BCUT2D eigenvalue weighted by atomic mass is 10.1. The molecule has 0 atom stereocenters. The van der Waals surface area contributed by atoms with E-state index >= 15 is 0 Å². The van der Waals surface area contributed by atoms with E-state index in [0.29, 0.717) is 22.6 Å². The fourth-order valence-corrected chi connectivity index (χ4v) is 3.83. The molecule has 162 valence electrons. The first kappa shape index (κ1) is 22.4. The number of hydrogen-bond donors (Lipinski definition) is 1. The zero-order chi connectivity index (χ0) is 22.4. The first-order valence-electron chi connectivity index (χ1n) is 9.40. The summed E-state index contributed by atoms with van der Waals surface area (Å²) in [6.07, 6.45) is 1.60. The van der Waals surface area contributed by atoms with E-state index in [1.165, 1.54) is 44.6 Å². The van der Waals surface area contributed by atoms with Crippen molar-refractivity contribution in [1.82, 2.24) is 10.2 Å². The molecule has 3 rings (SSSR count). The number of rotatable bonds is 8. The third-order valence-electron chi connectivity index (χ3n) is 4.54. The number of halogens is 1. The molecule has 0 spiro atoms. The van der Waals surface area contributed by atoms with Gasteiger partial charge in [0.25, 0.3) is 11.1 Å². The molecular weight excluding hydrogens is 423 g/mol. The molecule has 7 nitrogen and oxygen atoms in total. The van der Waals surface area contributed by atoms with Crippen molar-refractivity contribution in [2.45, 2.75) is 6.42 Å². The summed E-state index contributed by atoms with van der Waals surface area (Å²) in [5.41, 5.74) is 1.28. The number of hydrogen-bond acceptors (Lipinski definition) is 6. The number of nitrogens with zero attached hydrogens (tertiary/aromatic N) is 1. The van der Waals surface area contributed by atoms with Gasteiger partial charge in [0.15, 0.2) is 0 Å². The smallest absolute Gasteiger partial charge is 0.293 e. The van der Waals surface area contributed by atoms with E-state index in [-0.39, 0.29) is 36.1 Å². The Morgan fingerprint density at radius 3 is 2.55 bits per heavy atom. The average Bonchev–Trinajstić information content (AvgIpc) is 3.02. The van der Waals surface area contributed by atoms with Gasteiger partial charge in [-0.25, -0.2) is 4.39 Å². The number of benzene rings is 2. The highest BCUT2D eigenvalue weighted by Crippen LogP contribution is 2.32. The number of ether oxygens (including phenoxy) is 2. The monoisotopic (exact) mass is 444 g/mol. The predicted molar refractivity (Wildman–Crippen MR) is 115 cm³/mol. The summed E-state index contributed by atoms with van der Waals surface area (Å²) in [5, 5.41) is 2.29. The number of thioether (sulfide) groups is 1. The Hall–Kier alpha value is -3.33. The average molecular weight is 444 g/mol. The molecule has 0 aliphatic carbocycles. The molecule has 0 radical (unpaired) electrons. The van der Waals surface area contributed by atoms with Crippen molar-refractivity contribution in [2.75, 3.05) is 27.3 Å². The molecule has 31 heavy (non-hydrogen) atoms. The molecule has 1 fully saturated rings. The molecule has 0 unspecified atom stereocenters. The van der Waals surface area contributed by atoms with Crippen LogP contribution >= 0.6 is 11.8 Å². The van der Waals surface area contributed by atoms with Gasteiger partial charge in [-0.3, -0.25) is 19.3 Å². The summed E-state index contributed by atoms with van der Waals surface area (Å²) in [7, 11) is 3.05. The first-order valence-corrected chi connectivity index (χ1v) is 10.2. The van der Waals surface area contributed by atoms with E-state index in [0.717, 1.165) is 16.7 Å². The molecule has 1 aliphatic rings. The number of methoxy groups -OCH3 is 2. The van der Waals surface area contributed by atoms with Gasteiger partial charge in [0.2, 0.25) is 5.91 Å². The Labute approximate surface area is 183 Å². The van der Waals surface area contributed by atoms with Gasteiger partial charge in [-0.1, -0.05) is 12.1 Å². The summed E-state index contributed by atoms with van der Waals surface area (Å²) in [5.74, 6) is 0.0677. The van der Waals surface area contributed by atoms with E-state index in [2.05, 4.69) is 5.32 Å². The first-order chi connectivity index (χ1) is 14.9. The molecular formula is C22H21FN2O5S. The van der Waals surface area contributed by atoms with Crippen LogP contribution in [0, 0.1) is 5.82 Å². The van der Waals surface area contributed by atoms with Crippen molar-refractivity contribution in [2.24, 2.45) is 0 Å². The lowest BCUT2D eigenvalue weighted by molar-refractivity contribution is -0.124. The van der Waals surface area contributed by atoms with Gasteiger partial charge >= 0.3 is 0 Å². The van der Waals surface area contributed by atoms with Crippen molar-refractivity contribution < 1.29 is 28.2 Å². The lowest BCUT2D eigenvalue weighted by Gasteiger charge is -2.14. The Balaban J connectivity index is 1.55. The lowest BCUT2D eigenvalue weighted by Crippen LogP contribution is -2.37. The number of nitrogens with one attached hydrogen (secondary N) is 1. The second-order valence-electron chi connectivity index (χ2n) is 6.59. The molecule has 1 N–H and O–H groups in total. The van der Waals surface area contributed by atoms with Crippen molar-refractivity contribution in [3.8, 4) is 11.5 Å². The molecule has 0 bridgehead atoms. The SMILES string of the molecule is COc1ccc(OC)c(CC(=O)NCCN2C(=O)S/C(=C/c3ccc(F)cc3)C2=O)c1. The van der Waals surface area contributed by atoms with Crippen molar-refractivity contribution in [3.05, 3.63) is 64.3 Å². The molecule has 1 aliphatic heterocycles. The van der Waals surface area contributed by atoms with Crippen LogP contribution in [0.4, 0.5) is 9.18 Å². The van der Waals surface area contributed by atoms with Crippen LogP contribution in [0.5, 0.6) is 11.5 Å².